The molecule has 1 saturated heterocycles. The van der Waals surface area contributed by atoms with E-state index < -0.39 is 30.4 Å². The molecule has 0 bridgehead atoms. The number of amides is 1. The molecule has 2 rings (SSSR count). The molecule has 6 heteroatoms. The second-order valence-corrected chi connectivity index (χ2v) is 5.10. The number of hydrogen-bond acceptors (Lipinski definition) is 5. The number of rotatable bonds is 5. The van der Waals surface area contributed by atoms with Crippen molar-refractivity contribution in [2.45, 2.75) is 37.5 Å². The number of methoxy groups -OCH3 is 2. The summed E-state index contributed by atoms with van der Waals surface area (Å²) in [6.45, 7) is 1.84. The van der Waals surface area contributed by atoms with Crippen molar-refractivity contribution in [2.75, 3.05) is 14.2 Å². The van der Waals surface area contributed by atoms with Crippen molar-refractivity contribution in [3.05, 3.63) is 35.9 Å². The summed E-state index contributed by atoms with van der Waals surface area (Å²) >= 11 is 0. The SMILES string of the molecule is COC(OC)[C@H]1[C@H](O)[C@H](O)C(=O)N1[C@H](C)c1ccccc1. The van der Waals surface area contributed by atoms with E-state index in [1.54, 1.807) is 0 Å². The third kappa shape index (κ3) is 2.80. The van der Waals surface area contributed by atoms with Crippen LogP contribution in [-0.2, 0) is 14.3 Å². The molecule has 2 N–H and O–H groups in total. The van der Waals surface area contributed by atoms with Crippen LogP contribution in [0.4, 0.5) is 0 Å². The van der Waals surface area contributed by atoms with Crippen LogP contribution >= 0.6 is 0 Å². The third-order valence-corrected chi connectivity index (χ3v) is 3.94. The van der Waals surface area contributed by atoms with Crippen LogP contribution in [0.2, 0.25) is 0 Å². The highest BCUT2D eigenvalue weighted by atomic mass is 16.7. The molecule has 1 aliphatic rings. The van der Waals surface area contributed by atoms with Crippen LogP contribution in [0, 0.1) is 0 Å². The van der Waals surface area contributed by atoms with Gasteiger partial charge < -0.3 is 24.6 Å². The molecule has 1 aromatic rings. The minimum Gasteiger partial charge on any atom is -0.387 e. The van der Waals surface area contributed by atoms with Crippen molar-refractivity contribution >= 4 is 5.91 Å². The Hall–Kier alpha value is -1.47. The van der Waals surface area contributed by atoms with E-state index in [-0.39, 0.29) is 6.04 Å². The molecule has 1 fully saturated rings. The monoisotopic (exact) mass is 295 g/mol. The first-order valence-electron chi connectivity index (χ1n) is 6.81. The van der Waals surface area contributed by atoms with E-state index in [1.807, 2.05) is 37.3 Å². The van der Waals surface area contributed by atoms with Gasteiger partial charge in [0.05, 0.1) is 6.04 Å². The zero-order chi connectivity index (χ0) is 15.6. The zero-order valence-electron chi connectivity index (χ0n) is 12.3. The van der Waals surface area contributed by atoms with Crippen LogP contribution in [0.25, 0.3) is 0 Å². The van der Waals surface area contributed by atoms with Crippen molar-refractivity contribution in [1.29, 1.82) is 0 Å². The van der Waals surface area contributed by atoms with E-state index in [4.69, 9.17) is 9.47 Å². The molecule has 0 aliphatic carbocycles. The van der Waals surface area contributed by atoms with Gasteiger partial charge in [-0.25, -0.2) is 0 Å². The summed E-state index contributed by atoms with van der Waals surface area (Å²) in [5.41, 5.74) is 0.906. The summed E-state index contributed by atoms with van der Waals surface area (Å²) in [5, 5.41) is 20.0. The number of aliphatic hydroxyl groups excluding tert-OH is 2. The highest BCUT2D eigenvalue weighted by Gasteiger charge is 2.52. The lowest BCUT2D eigenvalue weighted by molar-refractivity contribution is -0.168. The molecule has 21 heavy (non-hydrogen) atoms. The molecule has 116 valence electrons. The maximum Gasteiger partial charge on any atom is 0.255 e. The lowest BCUT2D eigenvalue weighted by Gasteiger charge is -2.35. The molecule has 1 aromatic carbocycles. The summed E-state index contributed by atoms with van der Waals surface area (Å²) in [4.78, 5) is 13.7. The first kappa shape index (κ1) is 15.9. The minimum absolute atomic E-state index is 0.316. The van der Waals surface area contributed by atoms with Crippen LogP contribution in [-0.4, -0.2) is 59.8 Å². The molecule has 1 aliphatic heterocycles. The standard InChI is InChI=1S/C15H21NO5/c1-9(10-7-5-4-6-8-10)16-11(15(20-2)21-3)12(17)13(18)14(16)19/h4-9,11-13,15,17-18H,1-3H3/t9-,11-,12+,13+/m1/s1. The number of likely N-dealkylation sites (tertiary alicyclic amines) is 1. The lowest BCUT2D eigenvalue weighted by atomic mass is 10.0. The van der Waals surface area contributed by atoms with Crippen LogP contribution in [0.1, 0.15) is 18.5 Å². The fourth-order valence-electron chi connectivity index (χ4n) is 2.81. The number of carbonyl (C=O) groups is 1. The summed E-state index contributed by atoms with van der Waals surface area (Å²) in [5.74, 6) is -0.525. The maximum absolute atomic E-state index is 12.3. The van der Waals surface area contributed by atoms with E-state index in [9.17, 15) is 15.0 Å². The van der Waals surface area contributed by atoms with Gasteiger partial charge in [-0.15, -0.1) is 0 Å². The van der Waals surface area contributed by atoms with Crippen molar-refractivity contribution in [1.82, 2.24) is 4.90 Å². The van der Waals surface area contributed by atoms with Crippen LogP contribution in [0.15, 0.2) is 30.3 Å². The second-order valence-electron chi connectivity index (χ2n) is 5.10. The van der Waals surface area contributed by atoms with Gasteiger partial charge in [0, 0.05) is 14.2 Å². The Balaban J connectivity index is 2.35. The molecule has 6 nitrogen and oxygen atoms in total. The number of aliphatic hydroxyl groups is 2. The molecule has 1 amide bonds. The Morgan fingerprint density at radius 3 is 2.24 bits per heavy atom. The molecule has 4 atom stereocenters. The highest BCUT2D eigenvalue weighted by molar-refractivity contribution is 5.85. The number of hydrogen-bond donors (Lipinski definition) is 2. The number of carbonyl (C=O) groups excluding carboxylic acids is 1. The molecule has 0 unspecified atom stereocenters. The van der Waals surface area contributed by atoms with Gasteiger partial charge in [-0.3, -0.25) is 4.79 Å². The van der Waals surface area contributed by atoms with Crippen LogP contribution in [0.3, 0.4) is 0 Å². The van der Waals surface area contributed by atoms with Crippen LogP contribution < -0.4 is 0 Å². The van der Waals surface area contributed by atoms with Crippen molar-refractivity contribution in [3.8, 4) is 0 Å². The smallest absolute Gasteiger partial charge is 0.255 e. The Labute approximate surface area is 123 Å². The summed E-state index contributed by atoms with van der Waals surface area (Å²) < 4.78 is 10.4. The lowest BCUT2D eigenvalue weighted by Crippen LogP contribution is -2.48. The quantitative estimate of drug-likeness (QED) is 0.764. The Bertz CT molecular complexity index is 476. The third-order valence-electron chi connectivity index (χ3n) is 3.94. The van der Waals surface area contributed by atoms with Gasteiger partial charge >= 0.3 is 0 Å². The van der Waals surface area contributed by atoms with E-state index in [0.29, 0.717) is 0 Å². The molecule has 0 saturated carbocycles. The Morgan fingerprint density at radius 2 is 1.71 bits per heavy atom. The van der Waals surface area contributed by atoms with Gasteiger partial charge in [-0.2, -0.15) is 0 Å². The zero-order valence-corrected chi connectivity index (χ0v) is 12.3. The van der Waals surface area contributed by atoms with Crippen molar-refractivity contribution in [3.63, 3.8) is 0 Å². The fourth-order valence-corrected chi connectivity index (χ4v) is 2.81. The largest absolute Gasteiger partial charge is 0.387 e. The van der Waals surface area contributed by atoms with E-state index in [1.165, 1.54) is 19.1 Å². The van der Waals surface area contributed by atoms with E-state index in [0.717, 1.165) is 5.56 Å². The normalized spacial score (nSPS) is 27.4. The Morgan fingerprint density at radius 1 is 1.14 bits per heavy atom. The van der Waals surface area contributed by atoms with E-state index >= 15 is 0 Å². The fraction of sp³-hybridized carbons (Fsp3) is 0.533. The van der Waals surface area contributed by atoms with Gasteiger partial charge in [0.25, 0.3) is 5.91 Å². The number of ether oxygens (including phenoxy) is 2. The highest BCUT2D eigenvalue weighted by Crippen LogP contribution is 2.33. The molecular formula is C15H21NO5. The summed E-state index contributed by atoms with van der Waals surface area (Å²) in [6, 6.07) is 8.33. The number of nitrogens with zero attached hydrogens (tertiary/aromatic N) is 1. The topological polar surface area (TPSA) is 79.2 Å². The first-order chi connectivity index (χ1) is 10.0. The molecule has 0 radical (unpaired) electrons. The van der Waals surface area contributed by atoms with Gasteiger partial charge in [0.1, 0.15) is 12.1 Å². The predicted octanol–water partition coefficient (Wildman–Crippen LogP) is 0.299. The van der Waals surface area contributed by atoms with Crippen molar-refractivity contribution < 1.29 is 24.5 Å². The maximum atomic E-state index is 12.3. The Kier molecular flexibility index (Phi) is 4.95. The molecule has 0 spiro atoms. The second kappa shape index (κ2) is 6.53. The molecular weight excluding hydrogens is 274 g/mol. The van der Waals surface area contributed by atoms with Gasteiger partial charge in [-0.1, -0.05) is 30.3 Å². The average Bonchev–Trinajstić information content (AvgIpc) is 2.74. The minimum atomic E-state index is -1.46. The molecule has 1 heterocycles. The number of benzene rings is 1. The van der Waals surface area contributed by atoms with Crippen molar-refractivity contribution in [2.24, 2.45) is 0 Å². The van der Waals surface area contributed by atoms with E-state index in [2.05, 4.69) is 0 Å². The summed E-state index contributed by atoms with van der Waals surface area (Å²) in [7, 11) is 2.86. The van der Waals surface area contributed by atoms with Crippen LogP contribution in [0.5, 0.6) is 0 Å². The first-order valence-corrected chi connectivity index (χ1v) is 6.81. The summed E-state index contributed by atoms with van der Waals surface area (Å²) in [6.07, 6.45) is -3.53. The van der Waals surface area contributed by atoms with Gasteiger partial charge in [0.2, 0.25) is 0 Å². The predicted molar refractivity (Wildman–Crippen MR) is 75.3 cm³/mol. The molecule has 0 aromatic heterocycles. The average molecular weight is 295 g/mol. The van der Waals surface area contributed by atoms with Gasteiger partial charge in [0.15, 0.2) is 12.4 Å². The van der Waals surface area contributed by atoms with Gasteiger partial charge in [-0.05, 0) is 12.5 Å².